The Labute approximate surface area is 144 Å². The van der Waals surface area contributed by atoms with E-state index in [-0.39, 0.29) is 23.0 Å². The van der Waals surface area contributed by atoms with Crippen molar-refractivity contribution in [1.29, 1.82) is 0 Å². The molecule has 1 aromatic carbocycles. The molecule has 23 heavy (non-hydrogen) atoms. The molecule has 0 N–H and O–H groups in total. The molecule has 0 aliphatic rings. The van der Waals surface area contributed by atoms with Gasteiger partial charge in [0.15, 0.2) is 0 Å². The lowest BCUT2D eigenvalue weighted by molar-refractivity contribution is 0.402. The van der Waals surface area contributed by atoms with Crippen LogP contribution < -0.4 is 0 Å². The van der Waals surface area contributed by atoms with Gasteiger partial charge < -0.3 is 4.42 Å². The Morgan fingerprint density at radius 1 is 1.09 bits per heavy atom. The Morgan fingerprint density at radius 2 is 1.91 bits per heavy atom. The van der Waals surface area contributed by atoms with Crippen LogP contribution in [-0.2, 0) is 23.1 Å². The number of halogens is 1. The third-order valence-corrected chi connectivity index (χ3v) is 6.46. The monoisotopic (exact) mass is 367 g/mol. The molecule has 4 nitrogen and oxygen atoms in total. The highest BCUT2D eigenvalue weighted by Crippen LogP contribution is 2.27. The first-order valence-corrected chi connectivity index (χ1v) is 9.55. The third kappa shape index (κ3) is 3.67. The van der Waals surface area contributed by atoms with E-state index in [0.29, 0.717) is 0 Å². The molecule has 0 amide bonds. The number of sulfonamides is 1. The number of nitrogens with zero attached hydrogens (tertiary/aromatic N) is 1. The van der Waals surface area contributed by atoms with Crippen LogP contribution in [0.1, 0.15) is 10.4 Å². The summed E-state index contributed by atoms with van der Waals surface area (Å²) in [5.74, 6) is 0. The van der Waals surface area contributed by atoms with Crippen LogP contribution in [0.5, 0.6) is 0 Å². The van der Waals surface area contributed by atoms with Gasteiger partial charge in [-0.05, 0) is 29.6 Å². The molecule has 3 aromatic rings. The van der Waals surface area contributed by atoms with E-state index in [0.717, 1.165) is 10.4 Å². The van der Waals surface area contributed by atoms with Crippen LogP contribution in [0.25, 0.3) is 0 Å². The van der Waals surface area contributed by atoms with Crippen molar-refractivity contribution in [1.82, 2.24) is 4.31 Å². The van der Waals surface area contributed by atoms with Gasteiger partial charge in [0.05, 0.1) is 17.5 Å². The van der Waals surface area contributed by atoms with Crippen molar-refractivity contribution < 1.29 is 12.8 Å². The highest BCUT2D eigenvalue weighted by atomic mass is 35.5. The molecule has 0 saturated carbocycles. The minimum Gasteiger partial charge on any atom is -0.472 e. The molecule has 0 aliphatic heterocycles. The van der Waals surface area contributed by atoms with Crippen LogP contribution in [-0.4, -0.2) is 12.7 Å². The van der Waals surface area contributed by atoms with Gasteiger partial charge in [0, 0.05) is 23.5 Å². The molecular weight excluding hydrogens is 354 g/mol. The van der Waals surface area contributed by atoms with E-state index < -0.39 is 10.0 Å². The van der Waals surface area contributed by atoms with Crippen LogP contribution in [0.15, 0.2) is 69.7 Å². The predicted octanol–water partition coefficient (Wildman–Crippen LogP) is 4.39. The van der Waals surface area contributed by atoms with Crippen molar-refractivity contribution in [2.24, 2.45) is 0 Å². The van der Waals surface area contributed by atoms with Crippen LogP contribution in [0.4, 0.5) is 0 Å². The molecule has 0 atom stereocenters. The minimum absolute atomic E-state index is 0.113. The van der Waals surface area contributed by atoms with Crippen molar-refractivity contribution >= 4 is 33.0 Å². The molecule has 120 valence electrons. The minimum atomic E-state index is -3.72. The van der Waals surface area contributed by atoms with Gasteiger partial charge in [-0.25, -0.2) is 8.42 Å². The summed E-state index contributed by atoms with van der Waals surface area (Å²) >= 11 is 7.61. The summed E-state index contributed by atoms with van der Waals surface area (Å²) in [4.78, 5) is 1.07. The maximum atomic E-state index is 13.0. The van der Waals surface area contributed by atoms with Crippen LogP contribution in [0.2, 0.25) is 5.02 Å². The summed E-state index contributed by atoms with van der Waals surface area (Å²) in [6.07, 6.45) is 3.07. The van der Waals surface area contributed by atoms with Crippen molar-refractivity contribution in [3.8, 4) is 0 Å². The van der Waals surface area contributed by atoms with Crippen molar-refractivity contribution in [3.05, 3.63) is 75.8 Å². The molecule has 7 heteroatoms. The van der Waals surface area contributed by atoms with E-state index in [2.05, 4.69) is 0 Å². The lowest BCUT2D eigenvalue weighted by atomic mass is 10.3. The van der Waals surface area contributed by atoms with Gasteiger partial charge in [0.25, 0.3) is 0 Å². The van der Waals surface area contributed by atoms with Gasteiger partial charge in [-0.15, -0.1) is 11.3 Å². The third-order valence-electron chi connectivity index (χ3n) is 3.31. The fraction of sp³-hybridized carbons (Fsp3) is 0.125. The van der Waals surface area contributed by atoms with E-state index in [1.54, 1.807) is 30.5 Å². The second-order valence-electron chi connectivity index (χ2n) is 4.91. The fourth-order valence-electron chi connectivity index (χ4n) is 2.18. The fourth-order valence-corrected chi connectivity index (χ4v) is 4.88. The summed E-state index contributed by atoms with van der Waals surface area (Å²) in [6.45, 7) is 0.512. The maximum Gasteiger partial charge on any atom is 0.245 e. The number of thiophene rings is 1. The summed E-state index contributed by atoms with van der Waals surface area (Å²) in [5.41, 5.74) is 0.789. The van der Waals surface area contributed by atoms with E-state index >= 15 is 0 Å². The van der Waals surface area contributed by atoms with Gasteiger partial charge >= 0.3 is 0 Å². The molecule has 0 bridgehead atoms. The Kier molecular flexibility index (Phi) is 4.87. The molecule has 2 heterocycles. The number of rotatable bonds is 6. The number of hydrogen-bond donors (Lipinski definition) is 0. The Balaban J connectivity index is 1.98. The lowest BCUT2D eigenvalue weighted by Gasteiger charge is -2.21. The summed E-state index contributed by atoms with van der Waals surface area (Å²) < 4.78 is 32.5. The van der Waals surface area contributed by atoms with E-state index in [1.807, 2.05) is 17.5 Å². The first-order valence-electron chi connectivity index (χ1n) is 6.85. The standard InChI is InChI=1S/C16H14ClNO3S2/c17-15-5-1-2-6-16(15)23(19,20)18(10-13-7-8-21-12-13)11-14-4-3-9-22-14/h1-9,12H,10-11H2. The van der Waals surface area contributed by atoms with Crippen LogP contribution in [0.3, 0.4) is 0 Å². The number of benzene rings is 1. The largest absolute Gasteiger partial charge is 0.472 e. The smallest absolute Gasteiger partial charge is 0.245 e. The van der Waals surface area contributed by atoms with Crippen molar-refractivity contribution in [2.75, 3.05) is 0 Å². The second kappa shape index (κ2) is 6.88. The first-order chi connectivity index (χ1) is 11.1. The first kappa shape index (κ1) is 16.3. The van der Waals surface area contributed by atoms with Crippen molar-refractivity contribution in [3.63, 3.8) is 0 Å². The number of furan rings is 1. The normalized spacial score (nSPS) is 11.9. The molecule has 0 spiro atoms. The van der Waals surface area contributed by atoms with Crippen LogP contribution in [0, 0.1) is 0 Å². The molecule has 0 fully saturated rings. The zero-order valence-electron chi connectivity index (χ0n) is 12.1. The Hall–Kier alpha value is -1.60. The van der Waals surface area contributed by atoms with Crippen LogP contribution >= 0.6 is 22.9 Å². The van der Waals surface area contributed by atoms with Gasteiger partial charge in [-0.3, -0.25) is 0 Å². The van der Waals surface area contributed by atoms with E-state index in [9.17, 15) is 8.42 Å². The topological polar surface area (TPSA) is 50.5 Å². The molecule has 0 unspecified atom stereocenters. The average molecular weight is 368 g/mol. The Morgan fingerprint density at radius 3 is 2.57 bits per heavy atom. The van der Waals surface area contributed by atoms with Gasteiger partial charge in [-0.2, -0.15) is 4.31 Å². The van der Waals surface area contributed by atoms with E-state index in [4.69, 9.17) is 16.0 Å². The highest BCUT2D eigenvalue weighted by Gasteiger charge is 2.27. The predicted molar refractivity (Wildman–Crippen MR) is 90.9 cm³/mol. The lowest BCUT2D eigenvalue weighted by Crippen LogP contribution is -2.30. The molecule has 0 radical (unpaired) electrons. The molecular formula is C16H14ClNO3S2. The second-order valence-corrected chi connectivity index (χ2v) is 8.26. The molecule has 0 aliphatic carbocycles. The summed E-state index contributed by atoms with van der Waals surface area (Å²) in [7, 11) is -3.72. The van der Waals surface area contributed by atoms with Gasteiger partial charge in [0.2, 0.25) is 10.0 Å². The van der Waals surface area contributed by atoms with Crippen molar-refractivity contribution in [2.45, 2.75) is 18.0 Å². The zero-order valence-corrected chi connectivity index (χ0v) is 14.4. The van der Waals surface area contributed by atoms with Gasteiger partial charge in [-0.1, -0.05) is 29.8 Å². The maximum absolute atomic E-state index is 13.0. The molecule has 0 saturated heterocycles. The molecule has 2 aromatic heterocycles. The summed E-state index contributed by atoms with van der Waals surface area (Å²) in [6, 6.07) is 12.0. The van der Waals surface area contributed by atoms with Gasteiger partial charge in [0.1, 0.15) is 4.90 Å². The average Bonchev–Trinajstić information content (AvgIpc) is 3.20. The SMILES string of the molecule is O=S(=O)(c1ccccc1Cl)N(Cc1ccoc1)Cc1cccs1. The van der Waals surface area contributed by atoms with E-state index in [1.165, 1.54) is 28.0 Å². The Bertz CT molecular complexity index is 822. The molecule has 3 rings (SSSR count). The summed E-state index contributed by atoms with van der Waals surface area (Å²) in [5, 5.41) is 2.14. The highest BCUT2D eigenvalue weighted by molar-refractivity contribution is 7.89. The number of hydrogen-bond acceptors (Lipinski definition) is 4. The zero-order chi connectivity index (χ0) is 16.3. The quantitative estimate of drug-likeness (QED) is 0.649.